The van der Waals surface area contributed by atoms with Gasteiger partial charge in [0.15, 0.2) is 12.1 Å². The second kappa shape index (κ2) is 3.70. The molecule has 0 amide bonds. The van der Waals surface area contributed by atoms with Crippen LogP contribution in [0.15, 0.2) is 6.07 Å². The van der Waals surface area contributed by atoms with Crippen LogP contribution in [0.25, 0.3) is 0 Å². The number of halogens is 2. The van der Waals surface area contributed by atoms with Crippen LogP contribution in [0, 0.1) is 5.82 Å². The molecule has 1 aromatic rings. The van der Waals surface area contributed by atoms with Gasteiger partial charge in [-0.25, -0.2) is 4.39 Å². The van der Waals surface area contributed by atoms with Crippen LogP contribution in [0.3, 0.4) is 0 Å². The van der Waals surface area contributed by atoms with Crippen molar-refractivity contribution in [2.45, 2.75) is 0 Å². The zero-order valence-corrected chi connectivity index (χ0v) is 8.84. The number of likely N-dealkylation sites (N-methyl/N-ethyl adjacent to an activating group) is 1. The molecule has 15 heavy (non-hydrogen) atoms. The van der Waals surface area contributed by atoms with Gasteiger partial charge < -0.3 is 9.64 Å². The standard InChI is InChI=1S/C10H9ClFNO2/c1-13-2-3-15-8-4-7(11)9(12)6(5-14)10(8)13/h4-5H,2-3H2,1H3. The molecule has 2 rings (SSSR count). The van der Waals surface area contributed by atoms with Crippen molar-refractivity contribution in [2.75, 3.05) is 25.1 Å². The number of nitrogens with zero attached hydrogens (tertiary/aromatic N) is 1. The summed E-state index contributed by atoms with van der Waals surface area (Å²) in [4.78, 5) is 12.6. The second-order valence-corrected chi connectivity index (χ2v) is 3.73. The Morgan fingerprint density at radius 2 is 2.40 bits per heavy atom. The van der Waals surface area contributed by atoms with Crippen LogP contribution >= 0.6 is 11.6 Å². The van der Waals surface area contributed by atoms with Gasteiger partial charge in [-0.15, -0.1) is 0 Å². The minimum absolute atomic E-state index is 0.0419. The molecule has 5 heteroatoms. The van der Waals surface area contributed by atoms with Crippen molar-refractivity contribution in [1.29, 1.82) is 0 Å². The molecular formula is C10H9ClFNO2. The number of fused-ring (bicyclic) bond motifs is 1. The Bertz CT molecular complexity index is 422. The van der Waals surface area contributed by atoms with Crippen LogP contribution in [0.2, 0.25) is 5.02 Å². The van der Waals surface area contributed by atoms with Crippen molar-refractivity contribution in [3.05, 3.63) is 22.5 Å². The molecule has 0 bridgehead atoms. The zero-order chi connectivity index (χ0) is 11.0. The number of carbonyl (C=O) groups excluding carboxylic acids is 1. The number of benzene rings is 1. The highest BCUT2D eigenvalue weighted by Gasteiger charge is 2.23. The molecular weight excluding hydrogens is 221 g/mol. The number of anilines is 1. The Balaban J connectivity index is 2.70. The van der Waals surface area contributed by atoms with Gasteiger partial charge in [0.1, 0.15) is 12.4 Å². The fourth-order valence-electron chi connectivity index (χ4n) is 1.63. The highest BCUT2D eigenvalue weighted by molar-refractivity contribution is 6.31. The Kier molecular flexibility index (Phi) is 2.52. The summed E-state index contributed by atoms with van der Waals surface area (Å²) in [5, 5.41) is -0.0915. The van der Waals surface area contributed by atoms with Crippen LogP contribution < -0.4 is 9.64 Å². The maximum absolute atomic E-state index is 13.5. The van der Waals surface area contributed by atoms with E-state index in [1.807, 2.05) is 0 Å². The molecule has 80 valence electrons. The first-order valence-corrected chi connectivity index (χ1v) is 4.84. The molecule has 0 aromatic heterocycles. The van der Waals surface area contributed by atoms with E-state index < -0.39 is 5.82 Å². The van der Waals surface area contributed by atoms with E-state index in [-0.39, 0.29) is 10.6 Å². The summed E-state index contributed by atoms with van der Waals surface area (Å²) in [7, 11) is 1.78. The van der Waals surface area contributed by atoms with Gasteiger partial charge in [0.05, 0.1) is 22.8 Å². The van der Waals surface area contributed by atoms with Crippen molar-refractivity contribution in [3.63, 3.8) is 0 Å². The van der Waals surface area contributed by atoms with Gasteiger partial charge in [-0.3, -0.25) is 4.79 Å². The van der Waals surface area contributed by atoms with Crippen LogP contribution in [0.5, 0.6) is 5.75 Å². The van der Waals surface area contributed by atoms with E-state index in [1.165, 1.54) is 6.07 Å². The number of hydrogen-bond acceptors (Lipinski definition) is 3. The normalized spacial score (nSPS) is 14.5. The van der Waals surface area contributed by atoms with Gasteiger partial charge in [-0.1, -0.05) is 11.6 Å². The minimum atomic E-state index is -0.692. The molecule has 0 unspecified atom stereocenters. The van der Waals surface area contributed by atoms with Crippen molar-refractivity contribution >= 4 is 23.6 Å². The van der Waals surface area contributed by atoms with E-state index >= 15 is 0 Å². The molecule has 0 atom stereocenters. The molecule has 1 aromatic carbocycles. The van der Waals surface area contributed by atoms with Crippen molar-refractivity contribution in [2.24, 2.45) is 0 Å². The monoisotopic (exact) mass is 229 g/mol. The van der Waals surface area contributed by atoms with Gasteiger partial charge in [-0.05, 0) is 0 Å². The summed E-state index contributed by atoms with van der Waals surface area (Å²) in [6, 6.07) is 1.40. The number of ether oxygens (including phenoxy) is 1. The predicted molar refractivity (Wildman–Crippen MR) is 55.6 cm³/mol. The highest BCUT2D eigenvalue weighted by atomic mass is 35.5. The SMILES string of the molecule is CN1CCOc2cc(Cl)c(F)c(C=O)c21. The summed E-state index contributed by atoms with van der Waals surface area (Å²) in [5.74, 6) is -0.236. The van der Waals surface area contributed by atoms with E-state index in [0.717, 1.165) is 0 Å². The van der Waals surface area contributed by atoms with E-state index in [2.05, 4.69) is 0 Å². The summed E-state index contributed by atoms with van der Waals surface area (Å²) >= 11 is 5.64. The maximum atomic E-state index is 13.5. The minimum Gasteiger partial charge on any atom is -0.489 e. The molecule has 0 saturated carbocycles. The molecule has 1 heterocycles. The van der Waals surface area contributed by atoms with E-state index in [9.17, 15) is 9.18 Å². The quantitative estimate of drug-likeness (QED) is 0.691. The number of aldehydes is 1. The Morgan fingerprint density at radius 1 is 1.67 bits per heavy atom. The molecule has 1 aliphatic rings. The van der Waals surface area contributed by atoms with Crippen molar-refractivity contribution in [3.8, 4) is 5.75 Å². The Morgan fingerprint density at radius 3 is 3.07 bits per heavy atom. The maximum Gasteiger partial charge on any atom is 0.155 e. The van der Waals surface area contributed by atoms with Gasteiger partial charge in [0.2, 0.25) is 0 Å². The van der Waals surface area contributed by atoms with E-state index in [0.29, 0.717) is 30.9 Å². The molecule has 1 aliphatic heterocycles. The number of carbonyl (C=O) groups is 1. The van der Waals surface area contributed by atoms with Crippen LogP contribution in [-0.2, 0) is 0 Å². The van der Waals surface area contributed by atoms with Gasteiger partial charge in [0.25, 0.3) is 0 Å². The first-order valence-electron chi connectivity index (χ1n) is 4.46. The van der Waals surface area contributed by atoms with Gasteiger partial charge >= 0.3 is 0 Å². The smallest absolute Gasteiger partial charge is 0.155 e. The third-order valence-electron chi connectivity index (χ3n) is 2.38. The molecule has 0 spiro atoms. The van der Waals surface area contributed by atoms with Gasteiger partial charge in [0, 0.05) is 13.1 Å². The van der Waals surface area contributed by atoms with E-state index in [1.54, 1.807) is 11.9 Å². The summed E-state index contributed by atoms with van der Waals surface area (Å²) < 4.78 is 18.8. The zero-order valence-electron chi connectivity index (χ0n) is 8.09. The molecule has 0 fully saturated rings. The van der Waals surface area contributed by atoms with Crippen LogP contribution in [0.1, 0.15) is 10.4 Å². The molecule has 0 saturated heterocycles. The summed E-state index contributed by atoms with van der Waals surface area (Å²) in [6.07, 6.45) is 0.464. The van der Waals surface area contributed by atoms with Crippen LogP contribution in [0.4, 0.5) is 10.1 Å². The van der Waals surface area contributed by atoms with Crippen molar-refractivity contribution < 1.29 is 13.9 Å². The van der Waals surface area contributed by atoms with Crippen molar-refractivity contribution in [1.82, 2.24) is 0 Å². The molecule has 3 nitrogen and oxygen atoms in total. The average molecular weight is 230 g/mol. The molecule has 0 radical (unpaired) electrons. The lowest BCUT2D eigenvalue weighted by molar-refractivity contribution is 0.111. The van der Waals surface area contributed by atoms with E-state index in [4.69, 9.17) is 16.3 Å². The summed E-state index contributed by atoms with van der Waals surface area (Å²) in [6.45, 7) is 1.12. The Labute approximate surface area is 91.4 Å². The Hall–Kier alpha value is -1.29. The lowest BCUT2D eigenvalue weighted by Gasteiger charge is -2.29. The average Bonchev–Trinajstić information content (AvgIpc) is 2.21. The second-order valence-electron chi connectivity index (χ2n) is 3.32. The van der Waals surface area contributed by atoms with Crippen LogP contribution in [-0.4, -0.2) is 26.5 Å². The third kappa shape index (κ3) is 1.55. The summed E-state index contributed by atoms with van der Waals surface area (Å²) in [5.41, 5.74) is 0.429. The lowest BCUT2D eigenvalue weighted by atomic mass is 10.1. The topological polar surface area (TPSA) is 29.5 Å². The van der Waals surface area contributed by atoms with Gasteiger partial charge in [-0.2, -0.15) is 0 Å². The predicted octanol–water partition coefficient (Wildman–Crippen LogP) is 2.12. The lowest BCUT2D eigenvalue weighted by Crippen LogP contribution is -2.30. The fourth-order valence-corrected chi connectivity index (χ4v) is 1.83. The number of rotatable bonds is 1. The third-order valence-corrected chi connectivity index (χ3v) is 2.65. The largest absolute Gasteiger partial charge is 0.489 e. The first kappa shape index (κ1) is 10.2. The highest BCUT2D eigenvalue weighted by Crippen LogP contribution is 2.38. The molecule has 0 N–H and O–H groups in total. The molecule has 0 aliphatic carbocycles. The number of hydrogen-bond donors (Lipinski definition) is 0. The first-order chi connectivity index (χ1) is 7.15. The fraction of sp³-hybridized carbons (Fsp3) is 0.300.